The van der Waals surface area contributed by atoms with E-state index in [9.17, 15) is 33.9 Å². The van der Waals surface area contributed by atoms with Gasteiger partial charge in [-0.05, 0) is 42.2 Å². The number of aliphatic carboxylic acids is 1. The normalized spacial score (nSPS) is 13.7. The topological polar surface area (TPSA) is 197 Å². The fourth-order valence-corrected chi connectivity index (χ4v) is 6.91. The highest BCUT2D eigenvalue weighted by Gasteiger charge is 2.30. The van der Waals surface area contributed by atoms with Crippen LogP contribution in [0.2, 0.25) is 0 Å². The molecule has 0 bridgehead atoms. The summed E-state index contributed by atoms with van der Waals surface area (Å²) >= 11 is 0. The van der Waals surface area contributed by atoms with Crippen molar-refractivity contribution in [1.82, 2.24) is 21.3 Å². The van der Waals surface area contributed by atoms with Gasteiger partial charge in [-0.15, -0.1) is 0 Å². The molecular formula is C46H71N5O7. The largest absolute Gasteiger partial charge is 0.480 e. The van der Waals surface area contributed by atoms with E-state index >= 15 is 0 Å². The Morgan fingerprint density at radius 1 is 0.552 bits per heavy atom. The van der Waals surface area contributed by atoms with E-state index < -0.39 is 47.9 Å². The van der Waals surface area contributed by atoms with E-state index in [2.05, 4.69) is 21.3 Å². The van der Waals surface area contributed by atoms with Crippen LogP contribution in [-0.2, 0) is 41.6 Å². The van der Waals surface area contributed by atoms with Gasteiger partial charge in [-0.3, -0.25) is 24.0 Å². The number of unbranched alkanes of at least 4 members (excludes halogenated alkanes) is 11. The van der Waals surface area contributed by atoms with E-state index in [-0.39, 0.29) is 36.5 Å². The number of benzene rings is 2. The van der Waals surface area contributed by atoms with Crippen LogP contribution in [0, 0.1) is 11.8 Å². The first kappa shape index (κ1) is 49.4. The third-order valence-electron chi connectivity index (χ3n) is 10.6. The molecule has 0 saturated heterocycles. The van der Waals surface area contributed by atoms with Gasteiger partial charge in [-0.2, -0.15) is 0 Å². The van der Waals surface area contributed by atoms with Crippen molar-refractivity contribution in [2.75, 3.05) is 0 Å². The van der Waals surface area contributed by atoms with Crippen LogP contribution in [0.25, 0.3) is 0 Å². The Morgan fingerprint density at radius 2 is 0.966 bits per heavy atom. The number of carbonyl (C=O) groups is 6. The van der Waals surface area contributed by atoms with Gasteiger partial charge in [0.1, 0.15) is 24.2 Å². The molecule has 0 aliphatic heterocycles. The van der Waals surface area contributed by atoms with Gasteiger partial charge in [0.15, 0.2) is 0 Å². The summed E-state index contributed by atoms with van der Waals surface area (Å²) in [5.74, 6) is -2.92. The van der Waals surface area contributed by atoms with Crippen molar-refractivity contribution in [1.29, 1.82) is 0 Å². The van der Waals surface area contributed by atoms with E-state index in [1.54, 1.807) is 0 Å². The number of nitrogens with one attached hydrogen (secondary N) is 4. The number of nitrogens with two attached hydrogens (primary N) is 1. The average Bonchev–Trinajstić information content (AvgIpc) is 3.19. The third-order valence-corrected chi connectivity index (χ3v) is 10.6. The fourth-order valence-electron chi connectivity index (χ4n) is 6.91. The van der Waals surface area contributed by atoms with Gasteiger partial charge in [0.05, 0.1) is 0 Å². The van der Waals surface area contributed by atoms with Crippen LogP contribution in [0.3, 0.4) is 0 Å². The molecule has 0 aliphatic carbocycles. The van der Waals surface area contributed by atoms with Gasteiger partial charge in [-0.1, -0.05) is 159 Å². The molecule has 322 valence electrons. The van der Waals surface area contributed by atoms with Crippen molar-refractivity contribution in [3.05, 3.63) is 71.8 Å². The summed E-state index contributed by atoms with van der Waals surface area (Å²) in [4.78, 5) is 75.7. The molecule has 0 saturated carbocycles. The highest BCUT2D eigenvalue weighted by molar-refractivity contribution is 5.92. The number of rotatable bonds is 31. The second-order valence-electron chi connectivity index (χ2n) is 16.2. The number of carboxylic acids is 1. The summed E-state index contributed by atoms with van der Waals surface area (Å²) in [5.41, 5.74) is 7.29. The molecule has 5 amide bonds. The minimum Gasteiger partial charge on any atom is -0.480 e. The quantitative estimate of drug-likeness (QED) is 0.0466. The van der Waals surface area contributed by atoms with Crippen LogP contribution < -0.4 is 27.0 Å². The van der Waals surface area contributed by atoms with Crippen LogP contribution in [0.1, 0.15) is 142 Å². The molecule has 12 heteroatoms. The lowest BCUT2D eigenvalue weighted by Gasteiger charge is -2.26. The summed E-state index contributed by atoms with van der Waals surface area (Å²) in [7, 11) is 0. The Balaban J connectivity index is 1.56. The van der Waals surface area contributed by atoms with Gasteiger partial charge < -0.3 is 32.1 Å². The van der Waals surface area contributed by atoms with Crippen molar-refractivity contribution in [2.24, 2.45) is 17.6 Å². The minimum absolute atomic E-state index is 0.108. The predicted molar refractivity (Wildman–Crippen MR) is 228 cm³/mol. The van der Waals surface area contributed by atoms with Gasteiger partial charge in [0, 0.05) is 25.7 Å². The van der Waals surface area contributed by atoms with E-state index in [0.29, 0.717) is 25.7 Å². The molecule has 0 aliphatic rings. The Morgan fingerprint density at radius 3 is 1.38 bits per heavy atom. The van der Waals surface area contributed by atoms with Crippen molar-refractivity contribution in [2.45, 2.75) is 167 Å². The van der Waals surface area contributed by atoms with Crippen LogP contribution in [0.4, 0.5) is 0 Å². The zero-order valence-electron chi connectivity index (χ0n) is 35.4. The highest BCUT2D eigenvalue weighted by Crippen LogP contribution is 2.15. The summed E-state index contributed by atoms with van der Waals surface area (Å²) in [5, 5.41) is 20.8. The molecule has 0 aromatic heterocycles. The molecule has 7 N–H and O–H groups in total. The Labute approximate surface area is 346 Å². The van der Waals surface area contributed by atoms with Crippen molar-refractivity contribution >= 4 is 35.5 Å². The molecule has 5 atom stereocenters. The second-order valence-corrected chi connectivity index (χ2v) is 16.2. The lowest BCUT2D eigenvalue weighted by molar-refractivity contribution is -0.142. The maximum absolute atomic E-state index is 13.2. The Kier molecular flexibility index (Phi) is 24.4. The molecular weight excluding hydrogens is 735 g/mol. The molecule has 0 heterocycles. The van der Waals surface area contributed by atoms with Gasteiger partial charge >= 0.3 is 5.97 Å². The lowest BCUT2D eigenvalue weighted by Crippen LogP contribution is -2.55. The number of amides is 5. The summed E-state index contributed by atoms with van der Waals surface area (Å²) in [6, 6.07) is 15.0. The minimum atomic E-state index is -1.11. The highest BCUT2D eigenvalue weighted by atomic mass is 16.4. The SMILES string of the molecule is CCC(C)[C@H](NC(=O)CCCCCCCCCCCCCCC(=O)N[C@@H](CC(C)C)C(=O)N[C@@H](Cc1ccccc1)C(=O)O)C(=O)N[C@@H](Cc1ccccc1)C(N)=O. The van der Waals surface area contributed by atoms with Crippen LogP contribution >= 0.6 is 0 Å². The number of primary amides is 1. The van der Waals surface area contributed by atoms with E-state index in [1.165, 1.54) is 6.42 Å². The summed E-state index contributed by atoms with van der Waals surface area (Å²) in [6.07, 6.45) is 14.6. The zero-order valence-corrected chi connectivity index (χ0v) is 35.4. The average molecular weight is 806 g/mol. The molecule has 0 fully saturated rings. The Hall–Kier alpha value is -4.74. The molecule has 12 nitrogen and oxygen atoms in total. The molecule has 2 rings (SSSR count). The van der Waals surface area contributed by atoms with Crippen LogP contribution in [0.5, 0.6) is 0 Å². The van der Waals surface area contributed by atoms with Crippen LogP contribution in [-0.4, -0.2) is 64.8 Å². The maximum Gasteiger partial charge on any atom is 0.326 e. The predicted octanol–water partition coefficient (Wildman–Crippen LogP) is 6.53. The number of hydrogen-bond donors (Lipinski definition) is 6. The van der Waals surface area contributed by atoms with E-state index in [0.717, 1.165) is 81.8 Å². The molecule has 2 aromatic carbocycles. The van der Waals surface area contributed by atoms with Crippen molar-refractivity contribution in [3.63, 3.8) is 0 Å². The molecule has 0 spiro atoms. The van der Waals surface area contributed by atoms with E-state index in [4.69, 9.17) is 5.73 Å². The molecule has 0 radical (unpaired) electrons. The van der Waals surface area contributed by atoms with Crippen LogP contribution in [0.15, 0.2) is 60.7 Å². The number of carboxylic acid groups (broad SMARTS) is 1. The van der Waals surface area contributed by atoms with Crippen molar-refractivity contribution < 1.29 is 33.9 Å². The molecule has 1 unspecified atom stereocenters. The van der Waals surface area contributed by atoms with E-state index in [1.807, 2.05) is 88.4 Å². The smallest absolute Gasteiger partial charge is 0.326 e. The number of hydrogen-bond acceptors (Lipinski definition) is 6. The Bertz CT molecular complexity index is 1520. The van der Waals surface area contributed by atoms with Gasteiger partial charge in [0.2, 0.25) is 29.5 Å². The standard InChI is InChI=1S/C46H71N5O7/c1-5-34(4)42(45(56)49-37(43(47)54)31-35-24-18-16-19-25-35)51-41(53)29-23-15-13-11-9-7-6-8-10-12-14-22-28-40(52)48-38(30-33(2)3)44(55)50-39(46(57)58)32-36-26-20-17-21-27-36/h16-21,24-27,33-34,37-39,42H,5-15,22-23,28-32H2,1-4H3,(H2,47,54)(H,48,52)(H,49,56)(H,50,55)(H,51,53)(H,57,58)/t34?,37-,38-,39-,42-/m0/s1. The summed E-state index contributed by atoms with van der Waals surface area (Å²) in [6.45, 7) is 7.79. The number of carbonyl (C=O) groups excluding carboxylic acids is 5. The van der Waals surface area contributed by atoms with Gasteiger partial charge in [0.25, 0.3) is 0 Å². The van der Waals surface area contributed by atoms with Crippen molar-refractivity contribution in [3.8, 4) is 0 Å². The molecule has 2 aromatic rings. The second kappa shape index (κ2) is 28.6. The van der Waals surface area contributed by atoms with Gasteiger partial charge in [-0.25, -0.2) is 4.79 Å². The lowest BCUT2D eigenvalue weighted by atomic mass is 9.97. The first-order chi connectivity index (χ1) is 27.8. The maximum atomic E-state index is 13.2. The first-order valence-electron chi connectivity index (χ1n) is 21.6. The first-order valence-corrected chi connectivity index (χ1v) is 21.6. The monoisotopic (exact) mass is 806 g/mol. The summed E-state index contributed by atoms with van der Waals surface area (Å²) < 4.78 is 0. The fraction of sp³-hybridized carbons (Fsp3) is 0.609. The zero-order chi connectivity index (χ0) is 42.7. The third kappa shape index (κ3) is 21.1. The molecule has 58 heavy (non-hydrogen) atoms.